The van der Waals surface area contributed by atoms with Crippen LogP contribution in [0.1, 0.15) is 24.8 Å². The highest BCUT2D eigenvalue weighted by atomic mass is 16.6. The Labute approximate surface area is 99.5 Å². The quantitative estimate of drug-likeness (QED) is 0.746. The smallest absolute Gasteiger partial charge is 0.317 e. The van der Waals surface area contributed by atoms with Gasteiger partial charge in [-0.2, -0.15) is 0 Å². The molecule has 2 unspecified atom stereocenters. The van der Waals surface area contributed by atoms with Gasteiger partial charge in [0.1, 0.15) is 12.5 Å². The van der Waals surface area contributed by atoms with E-state index in [2.05, 4.69) is 0 Å². The third-order valence-corrected chi connectivity index (χ3v) is 2.75. The van der Waals surface area contributed by atoms with Crippen molar-refractivity contribution in [1.29, 1.82) is 0 Å². The van der Waals surface area contributed by atoms with E-state index in [-0.39, 0.29) is 18.5 Å². The number of carbonyl (C=O) groups is 2. The van der Waals surface area contributed by atoms with Gasteiger partial charge in [0.15, 0.2) is 6.10 Å². The van der Waals surface area contributed by atoms with Gasteiger partial charge in [-0.25, -0.2) is 0 Å². The van der Waals surface area contributed by atoms with Gasteiger partial charge >= 0.3 is 11.9 Å². The maximum Gasteiger partial charge on any atom is 0.317 e. The molecule has 4 heteroatoms. The van der Waals surface area contributed by atoms with Gasteiger partial charge in [-0.1, -0.05) is 37.3 Å². The predicted molar refractivity (Wildman–Crippen MR) is 60.3 cm³/mol. The van der Waals surface area contributed by atoms with Crippen molar-refractivity contribution in [2.24, 2.45) is 0 Å². The number of carbonyl (C=O) groups excluding carboxylic acids is 2. The molecule has 2 atom stereocenters. The molecule has 1 aliphatic heterocycles. The summed E-state index contributed by atoms with van der Waals surface area (Å²) in [5.74, 6) is -1.13. The topological polar surface area (TPSA) is 52.6 Å². The molecule has 4 nitrogen and oxygen atoms in total. The molecule has 90 valence electrons. The van der Waals surface area contributed by atoms with Gasteiger partial charge in [-0.15, -0.1) is 0 Å². The number of esters is 2. The first-order valence-corrected chi connectivity index (χ1v) is 5.63. The second-order valence-corrected chi connectivity index (χ2v) is 3.90. The van der Waals surface area contributed by atoms with Crippen LogP contribution in [-0.2, 0) is 19.1 Å². The van der Waals surface area contributed by atoms with E-state index < -0.39 is 12.0 Å². The predicted octanol–water partition coefficient (Wildman–Crippen LogP) is 1.65. The highest BCUT2D eigenvalue weighted by Crippen LogP contribution is 2.29. The molecule has 1 aromatic rings. The van der Waals surface area contributed by atoms with Gasteiger partial charge in [0, 0.05) is 6.42 Å². The largest absolute Gasteiger partial charge is 0.461 e. The minimum atomic E-state index is -0.502. The van der Waals surface area contributed by atoms with Crippen LogP contribution in [0, 0.1) is 0 Å². The summed E-state index contributed by atoms with van der Waals surface area (Å²) in [4.78, 5) is 22.9. The van der Waals surface area contributed by atoms with Crippen molar-refractivity contribution in [1.82, 2.24) is 0 Å². The number of cyclic esters (lactones) is 1. The minimum absolute atomic E-state index is 0.143. The number of ether oxygens (including phenoxy) is 2. The molecule has 0 radical (unpaired) electrons. The van der Waals surface area contributed by atoms with Crippen LogP contribution < -0.4 is 0 Å². The molecule has 1 aliphatic rings. The third kappa shape index (κ3) is 2.46. The summed E-state index contributed by atoms with van der Waals surface area (Å²) >= 11 is 0. The first-order chi connectivity index (χ1) is 8.22. The normalized spacial score (nSPS) is 23.2. The number of benzene rings is 1. The lowest BCUT2D eigenvalue weighted by Gasteiger charge is -2.15. The monoisotopic (exact) mass is 234 g/mol. The van der Waals surface area contributed by atoms with E-state index in [0.29, 0.717) is 6.42 Å². The van der Waals surface area contributed by atoms with E-state index in [1.165, 1.54) is 0 Å². The van der Waals surface area contributed by atoms with Crippen LogP contribution in [-0.4, -0.2) is 24.6 Å². The lowest BCUT2D eigenvalue weighted by molar-refractivity contribution is -0.149. The van der Waals surface area contributed by atoms with Crippen LogP contribution in [0.5, 0.6) is 0 Å². The maximum absolute atomic E-state index is 11.6. The van der Waals surface area contributed by atoms with Gasteiger partial charge in [-0.3, -0.25) is 9.59 Å². The Hall–Kier alpha value is -1.84. The van der Waals surface area contributed by atoms with E-state index in [1.54, 1.807) is 6.92 Å². The molecule has 0 aromatic heterocycles. The second-order valence-electron chi connectivity index (χ2n) is 3.90. The first-order valence-electron chi connectivity index (χ1n) is 5.63. The minimum Gasteiger partial charge on any atom is -0.461 e. The zero-order valence-corrected chi connectivity index (χ0v) is 9.59. The van der Waals surface area contributed by atoms with Gasteiger partial charge in [0.05, 0.1) is 0 Å². The lowest BCUT2D eigenvalue weighted by Crippen LogP contribution is -2.25. The van der Waals surface area contributed by atoms with Crippen LogP contribution in [0.4, 0.5) is 0 Å². The third-order valence-electron chi connectivity index (χ3n) is 2.75. The number of rotatable bonds is 3. The van der Waals surface area contributed by atoms with Gasteiger partial charge in [0.25, 0.3) is 0 Å². The van der Waals surface area contributed by atoms with Gasteiger partial charge in [0.2, 0.25) is 0 Å². The molecule has 0 spiro atoms. The molecule has 0 saturated carbocycles. The Balaban J connectivity index is 2.17. The zero-order chi connectivity index (χ0) is 12.3. The van der Waals surface area contributed by atoms with E-state index >= 15 is 0 Å². The van der Waals surface area contributed by atoms with Crippen molar-refractivity contribution in [2.45, 2.75) is 25.4 Å². The first kappa shape index (κ1) is 11.6. The Kier molecular flexibility index (Phi) is 3.42. The van der Waals surface area contributed by atoms with E-state index in [1.807, 2.05) is 30.3 Å². The van der Waals surface area contributed by atoms with Crippen LogP contribution in [0.25, 0.3) is 0 Å². The molecule has 1 aromatic carbocycles. The van der Waals surface area contributed by atoms with E-state index in [9.17, 15) is 9.59 Å². The van der Waals surface area contributed by atoms with E-state index in [4.69, 9.17) is 9.47 Å². The number of hydrogen-bond acceptors (Lipinski definition) is 4. The summed E-state index contributed by atoms with van der Waals surface area (Å²) in [5, 5.41) is 0. The fourth-order valence-electron chi connectivity index (χ4n) is 1.87. The van der Waals surface area contributed by atoms with Crippen molar-refractivity contribution in [3.05, 3.63) is 35.9 Å². The lowest BCUT2D eigenvalue weighted by atomic mass is 9.95. The van der Waals surface area contributed by atoms with Crippen LogP contribution in [0.3, 0.4) is 0 Å². The fraction of sp³-hybridized carbons (Fsp3) is 0.385. The molecule has 2 rings (SSSR count). The molecule has 17 heavy (non-hydrogen) atoms. The van der Waals surface area contributed by atoms with Crippen molar-refractivity contribution >= 4 is 11.9 Å². The number of hydrogen-bond donors (Lipinski definition) is 0. The van der Waals surface area contributed by atoms with Crippen LogP contribution in [0.2, 0.25) is 0 Å². The molecule has 0 amide bonds. The highest BCUT2D eigenvalue weighted by Gasteiger charge is 2.40. The van der Waals surface area contributed by atoms with Crippen molar-refractivity contribution in [2.75, 3.05) is 6.61 Å². The summed E-state index contributed by atoms with van der Waals surface area (Å²) in [5.41, 5.74) is 0.823. The highest BCUT2D eigenvalue weighted by molar-refractivity contribution is 5.82. The maximum atomic E-state index is 11.6. The Bertz CT molecular complexity index is 413. The standard InChI is InChI=1S/C13H14O4/c1-2-11(14)17-10-8-16-13(15)12(10)9-6-4-3-5-7-9/h3-7,10,12H,2,8H2,1H3. The van der Waals surface area contributed by atoms with Crippen molar-refractivity contribution < 1.29 is 19.1 Å². The summed E-state index contributed by atoms with van der Waals surface area (Å²) in [6.07, 6.45) is -0.205. The summed E-state index contributed by atoms with van der Waals surface area (Å²) in [6.45, 7) is 1.86. The second kappa shape index (κ2) is 4.99. The molecule has 1 heterocycles. The van der Waals surface area contributed by atoms with Crippen LogP contribution >= 0.6 is 0 Å². The SMILES string of the molecule is CCC(=O)OC1COC(=O)C1c1ccccc1. The average molecular weight is 234 g/mol. The van der Waals surface area contributed by atoms with Crippen molar-refractivity contribution in [3.8, 4) is 0 Å². The van der Waals surface area contributed by atoms with Gasteiger partial charge < -0.3 is 9.47 Å². The van der Waals surface area contributed by atoms with E-state index in [0.717, 1.165) is 5.56 Å². The molecule has 0 N–H and O–H groups in total. The van der Waals surface area contributed by atoms with Crippen molar-refractivity contribution in [3.63, 3.8) is 0 Å². The molecular weight excluding hydrogens is 220 g/mol. The Morgan fingerprint density at radius 1 is 1.41 bits per heavy atom. The average Bonchev–Trinajstić information content (AvgIpc) is 2.71. The fourth-order valence-corrected chi connectivity index (χ4v) is 1.87. The Morgan fingerprint density at radius 3 is 2.76 bits per heavy atom. The van der Waals surface area contributed by atoms with Crippen LogP contribution in [0.15, 0.2) is 30.3 Å². The molecule has 1 fully saturated rings. The summed E-state index contributed by atoms with van der Waals surface area (Å²) in [6, 6.07) is 9.24. The molecular formula is C13H14O4. The molecule has 1 saturated heterocycles. The zero-order valence-electron chi connectivity index (χ0n) is 9.59. The Morgan fingerprint density at radius 2 is 2.12 bits per heavy atom. The molecule has 0 aliphatic carbocycles. The summed E-state index contributed by atoms with van der Waals surface area (Å²) < 4.78 is 10.2. The molecule has 0 bridgehead atoms. The summed E-state index contributed by atoms with van der Waals surface area (Å²) in [7, 11) is 0. The van der Waals surface area contributed by atoms with Gasteiger partial charge in [-0.05, 0) is 5.56 Å².